The van der Waals surface area contributed by atoms with E-state index in [1.54, 1.807) is 6.08 Å². The van der Waals surface area contributed by atoms with Gasteiger partial charge in [-0.15, -0.1) is 0 Å². The standard InChI is InChI=1S/C31H39N3O2/c1-23-5-4-6-24(19-23)9-10-31(36)34-15-11-25(12-16-34)20-27(22-35)33-17-13-26(14-18-33)29-21-32-30-8-3-2-7-28(29)30/h2-10,19,21,25-27,32,35H,11-18,20,22H2,1H3/b10-9+. The van der Waals surface area contributed by atoms with Crippen LogP contribution in [-0.2, 0) is 4.79 Å². The zero-order valence-corrected chi connectivity index (χ0v) is 21.4. The van der Waals surface area contributed by atoms with Crippen molar-refractivity contribution >= 4 is 22.9 Å². The average Bonchev–Trinajstić information content (AvgIpc) is 3.35. The molecule has 190 valence electrons. The molecule has 36 heavy (non-hydrogen) atoms. The van der Waals surface area contributed by atoms with E-state index in [0.717, 1.165) is 63.8 Å². The zero-order valence-electron chi connectivity index (χ0n) is 21.4. The van der Waals surface area contributed by atoms with Gasteiger partial charge < -0.3 is 15.0 Å². The zero-order chi connectivity index (χ0) is 24.9. The van der Waals surface area contributed by atoms with Crippen molar-refractivity contribution in [3.05, 3.63) is 77.5 Å². The molecule has 5 rings (SSSR count). The van der Waals surface area contributed by atoms with Crippen LogP contribution in [0, 0.1) is 12.8 Å². The Balaban J connectivity index is 1.09. The van der Waals surface area contributed by atoms with Crippen LogP contribution in [0.5, 0.6) is 0 Å². The van der Waals surface area contributed by atoms with E-state index < -0.39 is 0 Å². The number of nitrogens with one attached hydrogen (secondary N) is 1. The normalized spacial score (nSPS) is 19.3. The van der Waals surface area contributed by atoms with Crippen molar-refractivity contribution < 1.29 is 9.90 Å². The Hall–Kier alpha value is -2.89. The molecule has 1 aromatic heterocycles. The van der Waals surface area contributed by atoms with Gasteiger partial charge in [-0.2, -0.15) is 0 Å². The summed E-state index contributed by atoms with van der Waals surface area (Å²) in [4.78, 5) is 20.6. The summed E-state index contributed by atoms with van der Waals surface area (Å²) in [5.41, 5.74) is 4.93. The molecule has 1 unspecified atom stereocenters. The molecule has 3 heterocycles. The molecule has 1 atom stereocenters. The lowest BCUT2D eigenvalue weighted by Crippen LogP contribution is -2.45. The smallest absolute Gasteiger partial charge is 0.246 e. The third-order valence-corrected chi connectivity index (χ3v) is 8.31. The molecule has 0 spiro atoms. The Kier molecular flexibility index (Phi) is 7.88. The summed E-state index contributed by atoms with van der Waals surface area (Å²) in [6.07, 6.45) is 11.2. The fourth-order valence-electron chi connectivity index (χ4n) is 6.17. The SMILES string of the molecule is Cc1cccc(/C=C/C(=O)N2CCC(CC(CO)N3CCC(c4c[nH]c5ccccc45)CC3)CC2)c1. The number of rotatable bonds is 7. The van der Waals surface area contributed by atoms with Crippen LogP contribution in [0.3, 0.4) is 0 Å². The molecule has 0 radical (unpaired) electrons. The number of aliphatic hydroxyl groups is 1. The number of hydrogen-bond donors (Lipinski definition) is 2. The Morgan fingerprint density at radius 3 is 2.58 bits per heavy atom. The Morgan fingerprint density at radius 1 is 1.06 bits per heavy atom. The van der Waals surface area contributed by atoms with Gasteiger partial charge >= 0.3 is 0 Å². The number of hydrogen-bond acceptors (Lipinski definition) is 3. The number of aromatic nitrogens is 1. The van der Waals surface area contributed by atoms with Crippen LogP contribution in [0.15, 0.2) is 60.8 Å². The van der Waals surface area contributed by atoms with E-state index in [9.17, 15) is 9.90 Å². The predicted molar refractivity (Wildman–Crippen MR) is 147 cm³/mol. The van der Waals surface area contributed by atoms with E-state index in [4.69, 9.17) is 0 Å². The number of aliphatic hydroxyl groups excluding tert-OH is 1. The van der Waals surface area contributed by atoms with Crippen LogP contribution in [-0.4, -0.2) is 64.6 Å². The monoisotopic (exact) mass is 485 g/mol. The summed E-state index contributed by atoms with van der Waals surface area (Å²) in [6, 6.07) is 17.0. The first-order valence-electron chi connectivity index (χ1n) is 13.6. The maximum Gasteiger partial charge on any atom is 0.246 e. The lowest BCUT2D eigenvalue weighted by Gasteiger charge is -2.39. The highest BCUT2D eigenvalue weighted by atomic mass is 16.3. The number of para-hydroxylation sites is 1. The summed E-state index contributed by atoms with van der Waals surface area (Å²) in [5.74, 6) is 1.25. The van der Waals surface area contributed by atoms with E-state index in [2.05, 4.69) is 59.4 Å². The van der Waals surface area contributed by atoms with E-state index in [1.807, 2.05) is 23.1 Å². The van der Waals surface area contributed by atoms with E-state index in [0.29, 0.717) is 11.8 Å². The maximum absolute atomic E-state index is 12.7. The van der Waals surface area contributed by atoms with Crippen molar-refractivity contribution in [3.8, 4) is 0 Å². The maximum atomic E-state index is 12.7. The third kappa shape index (κ3) is 5.74. The molecular weight excluding hydrogens is 446 g/mol. The minimum atomic E-state index is 0.105. The minimum absolute atomic E-state index is 0.105. The van der Waals surface area contributed by atoms with Crippen molar-refractivity contribution in [2.75, 3.05) is 32.8 Å². The minimum Gasteiger partial charge on any atom is -0.395 e. The number of carbonyl (C=O) groups is 1. The summed E-state index contributed by atoms with van der Waals surface area (Å²) in [7, 11) is 0. The molecule has 2 aliphatic rings. The Labute approximate surface area is 214 Å². The number of likely N-dealkylation sites (tertiary alicyclic amines) is 2. The number of benzene rings is 2. The topological polar surface area (TPSA) is 59.6 Å². The second kappa shape index (κ2) is 11.4. The fraction of sp³-hybridized carbons (Fsp3) is 0.452. The van der Waals surface area contributed by atoms with Gasteiger partial charge in [0.2, 0.25) is 5.91 Å². The second-order valence-corrected chi connectivity index (χ2v) is 10.7. The van der Waals surface area contributed by atoms with Gasteiger partial charge in [-0.3, -0.25) is 9.69 Å². The molecule has 2 saturated heterocycles. The molecule has 1 amide bonds. The Bertz CT molecular complexity index is 1180. The second-order valence-electron chi connectivity index (χ2n) is 10.7. The van der Waals surface area contributed by atoms with Gasteiger partial charge in [0.15, 0.2) is 0 Å². The first-order valence-corrected chi connectivity index (χ1v) is 13.6. The van der Waals surface area contributed by atoms with Crippen LogP contribution in [0.4, 0.5) is 0 Å². The van der Waals surface area contributed by atoms with Crippen LogP contribution >= 0.6 is 0 Å². The van der Waals surface area contributed by atoms with Gasteiger partial charge in [0.25, 0.3) is 0 Å². The summed E-state index contributed by atoms with van der Waals surface area (Å²) in [6.45, 7) is 5.98. The van der Waals surface area contributed by atoms with Crippen molar-refractivity contribution in [2.24, 2.45) is 5.92 Å². The summed E-state index contributed by atoms with van der Waals surface area (Å²) >= 11 is 0. The number of fused-ring (bicyclic) bond motifs is 1. The number of carbonyl (C=O) groups excluding carboxylic acids is 1. The highest BCUT2D eigenvalue weighted by Crippen LogP contribution is 2.34. The van der Waals surface area contributed by atoms with E-state index in [1.165, 1.54) is 22.0 Å². The fourth-order valence-corrected chi connectivity index (χ4v) is 6.17. The molecule has 2 aliphatic heterocycles. The van der Waals surface area contributed by atoms with Crippen molar-refractivity contribution in [2.45, 2.75) is 51.0 Å². The lowest BCUT2D eigenvalue weighted by molar-refractivity contribution is -0.127. The number of nitrogens with zero attached hydrogens (tertiary/aromatic N) is 2. The number of amides is 1. The van der Waals surface area contributed by atoms with Crippen LogP contribution in [0.25, 0.3) is 17.0 Å². The van der Waals surface area contributed by atoms with Crippen molar-refractivity contribution in [1.82, 2.24) is 14.8 Å². The van der Waals surface area contributed by atoms with Crippen LogP contribution in [0.2, 0.25) is 0 Å². The van der Waals surface area contributed by atoms with Gasteiger partial charge in [0.05, 0.1) is 6.61 Å². The number of aryl methyl sites for hydroxylation is 1. The molecule has 0 saturated carbocycles. The molecule has 2 N–H and O–H groups in total. The average molecular weight is 486 g/mol. The van der Waals surface area contributed by atoms with Crippen molar-refractivity contribution in [3.63, 3.8) is 0 Å². The first-order chi connectivity index (χ1) is 17.6. The highest BCUT2D eigenvalue weighted by Gasteiger charge is 2.30. The van der Waals surface area contributed by atoms with Crippen LogP contribution in [0.1, 0.15) is 54.7 Å². The first kappa shape index (κ1) is 24.8. The van der Waals surface area contributed by atoms with E-state index in [-0.39, 0.29) is 18.6 Å². The number of aromatic amines is 1. The van der Waals surface area contributed by atoms with Gasteiger partial charge in [0, 0.05) is 42.3 Å². The lowest BCUT2D eigenvalue weighted by atomic mass is 9.86. The van der Waals surface area contributed by atoms with Crippen LogP contribution < -0.4 is 0 Å². The number of piperidine rings is 2. The van der Waals surface area contributed by atoms with E-state index >= 15 is 0 Å². The Morgan fingerprint density at radius 2 is 1.83 bits per heavy atom. The largest absolute Gasteiger partial charge is 0.395 e. The van der Waals surface area contributed by atoms with Gasteiger partial charge in [-0.05, 0) is 87.2 Å². The predicted octanol–water partition coefficient (Wildman–Crippen LogP) is 5.36. The molecule has 0 aliphatic carbocycles. The molecule has 3 aromatic rings. The van der Waals surface area contributed by atoms with Gasteiger partial charge in [0.1, 0.15) is 0 Å². The molecule has 2 fully saturated rings. The van der Waals surface area contributed by atoms with Crippen molar-refractivity contribution in [1.29, 1.82) is 0 Å². The molecule has 5 nitrogen and oxygen atoms in total. The molecule has 0 bridgehead atoms. The molecule has 2 aromatic carbocycles. The highest BCUT2D eigenvalue weighted by molar-refractivity contribution is 5.91. The van der Waals surface area contributed by atoms with Gasteiger partial charge in [-0.1, -0.05) is 48.0 Å². The van der Waals surface area contributed by atoms with Gasteiger partial charge in [-0.25, -0.2) is 0 Å². The summed E-state index contributed by atoms with van der Waals surface area (Å²) in [5, 5.41) is 11.6. The quantitative estimate of drug-likeness (QED) is 0.443. The molecule has 5 heteroatoms. The number of H-pyrrole nitrogens is 1. The summed E-state index contributed by atoms with van der Waals surface area (Å²) < 4.78 is 0. The molecular formula is C31H39N3O2. The third-order valence-electron chi connectivity index (χ3n) is 8.31.